The van der Waals surface area contributed by atoms with Crippen molar-refractivity contribution in [2.45, 2.75) is 50.1 Å². The third-order valence-electron chi connectivity index (χ3n) is 2.56. The first-order chi connectivity index (χ1) is 10.2. The maximum atomic E-state index is 13.0. The van der Waals surface area contributed by atoms with Crippen molar-refractivity contribution in [2.75, 3.05) is 13.2 Å². The van der Waals surface area contributed by atoms with E-state index in [9.17, 15) is 44.3 Å². The molecule has 0 amide bonds. The Morgan fingerprint density at radius 3 is 1.74 bits per heavy atom. The standard InChI is InChI=1S/C11H13F9O3/c1-2-3-5-22-7(21)23-6-4-8(12,13)9(14,15)10(16,17)11(18,19)20/h2-6H2,1H3. The molecule has 0 aliphatic rings. The topological polar surface area (TPSA) is 35.5 Å². The Kier molecular flexibility index (Phi) is 7.03. The van der Waals surface area contributed by atoms with Gasteiger partial charge in [0.25, 0.3) is 0 Å². The van der Waals surface area contributed by atoms with Gasteiger partial charge in [0.15, 0.2) is 0 Å². The second kappa shape index (κ2) is 7.47. The average Bonchev–Trinajstić information content (AvgIpc) is 2.37. The van der Waals surface area contributed by atoms with Gasteiger partial charge in [-0.25, -0.2) is 4.79 Å². The van der Waals surface area contributed by atoms with Crippen molar-refractivity contribution in [1.29, 1.82) is 0 Å². The third kappa shape index (κ3) is 5.06. The predicted molar refractivity (Wildman–Crippen MR) is 57.7 cm³/mol. The first-order valence-corrected chi connectivity index (χ1v) is 6.20. The van der Waals surface area contributed by atoms with Gasteiger partial charge in [0.1, 0.15) is 6.61 Å². The van der Waals surface area contributed by atoms with Gasteiger partial charge in [0, 0.05) is 0 Å². The third-order valence-corrected chi connectivity index (χ3v) is 2.56. The summed E-state index contributed by atoms with van der Waals surface area (Å²) >= 11 is 0. The molecule has 138 valence electrons. The van der Waals surface area contributed by atoms with E-state index in [2.05, 4.69) is 9.47 Å². The summed E-state index contributed by atoms with van der Waals surface area (Å²) in [6.45, 7) is 0.0354. The number of halogens is 9. The van der Waals surface area contributed by atoms with Crippen molar-refractivity contribution in [3.63, 3.8) is 0 Å². The SMILES string of the molecule is CCCCOC(=O)OCCC(F)(F)C(F)(F)C(F)(F)C(F)(F)F. The molecule has 0 aromatic carbocycles. The summed E-state index contributed by atoms with van der Waals surface area (Å²) in [4.78, 5) is 10.8. The number of unbranched alkanes of at least 4 members (excludes halogenated alkanes) is 1. The van der Waals surface area contributed by atoms with Gasteiger partial charge in [-0.3, -0.25) is 0 Å². The van der Waals surface area contributed by atoms with Crippen molar-refractivity contribution in [1.82, 2.24) is 0 Å². The zero-order valence-electron chi connectivity index (χ0n) is 11.7. The highest BCUT2D eigenvalue weighted by Gasteiger charge is 2.81. The van der Waals surface area contributed by atoms with Gasteiger partial charge in [0.05, 0.1) is 13.0 Å². The molecule has 0 saturated heterocycles. The Morgan fingerprint density at radius 1 is 0.826 bits per heavy atom. The molecule has 0 radical (unpaired) electrons. The van der Waals surface area contributed by atoms with E-state index in [1.807, 2.05) is 0 Å². The second-order valence-corrected chi connectivity index (χ2v) is 4.40. The minimum absolute atomic E-state index is 0.159. The molecule has 0 bridgehead atoms. The fraction of sp³-hybridized carbons (Fsp3) is 0.909. The Balaban J connectivity index is 4.71. The van der Waals surface area contributed by atoms with Crippen LogP contribution in [0.3, 0.4) is 0 Å². The summed E-state index contributed by atoms with van der Waals surface area (Å²) in [6, 6.07) is 0. The Morgan fingerprint density at radius 2 is 1.30 bits per heavy atom. The van der Waals surface area contributed by atoms with Crippen LogP contribution in [-0.2, 0) is 9.47 Å². The molecule has 0 spiro atoms. The molecule has 3 nitrogen and oxygen atoms in total. The van der Waals surface area contributed by atoms with Gasteiger partial charge < -0.3 is 9.47 Å². The lowest BCUT2D eigenvalue weighted by Gasteiger charge is -2.33. The van der Waals surface area contributed by atoms with E-state index in [-0.39, 0.29) is 6.61 Å². The van der Waals surface area contributed by atoms with E-state index >= 15 is 0 Å². The number of rotatable bonds is 8. The van der Waals surface area contributed by atoms with Crippen LogP contribution in [0.25, 0.3) is 0 Å². The predicted octanol–water partition coefficient (Wildman–Crippen LogP) is 4.80. The molecule has 0 aromatic rings. The van der Waals surface area contributed by atoms with E-state index in [0.717, 1.165) is 0 Å². The van der Waals surface area contributed by atoms with Crippen LogP contribution in [0.2, 0.25) is 0 Å². The molecule has 23 heavy (non-hydrogen) atoms. The summed E-state index contributed by atoms with van der Waals surface area (Å²) < 4.78 is 120. The second-order valence-electron chi connectivity index (χ2n) is 4.40. The number of hydrogen-bond acceptors (Lipinski definition) is 3. The summed E-state index contributed by atoms with van der Waals surface area (Å²) in [5, 5.41) is 0. The monoisotopic (exact) mass is 364 g/mol. The zero-order valence-corrected chi connectivity index (χ0v) is 11.7. The molecule has 0 saturated carbocycles. The lowest BCUT2D eigenvalue weighted by molar-refractivity contribution is -0.397. The quantitative estimate of drug-likeness (QED) is 0.353. The lowest BCUT2D eigenvalue weighted by atomic mass is 10.0. The highest BCUT2D eigenvalue weighted by atomic mass is 19.4. The van der Waals surface area contributed by atoms with Crippen molar-refractivity contribution in [2.24, 2.45) is 0 Å². The summed E-state index contributed by atoms with van der Waals surface area (Å²) in [7, 11) is 0. The van der Waals surface area contributed by atoms with Crippen LogP contribution in [0, 0.1) is 0 Å². The Hall–Kier alpha value is -1.36. The Bertz CT molecular complexity index is 393. The minimum atomic E-state index is -6.95. The maximum absolute atomic E-state index is 13.0. The van der Waals surface area contributed by atoms with Crippen molar-refractivity contribution in [3.05, 3.63) is 0 Å². The van der Waals surface area contributed by atoms with Gasteiger partial charge in [0.2, 0.25) is 0 Å². The Labute approximate surface area is 124 Å². The van der Waals surface area contributed by atoms with E-state index in [0.29, 0.717) is 12.8 Å². The summed E-state index contributed by atoms with van der Waals surface area (Å²) in [5.41, 5.74) is 0. The van der Waals surface area contributed by atoms with Crippen LogP contribution in [0.4, 0.5) is 44.3 Å². The van der Waals surface area contributed by atoms with Crippen LogP contribution in [-0.4, -0.2) is 43.3 Å². The molecular formula is C11H13F9O3. The molecule has 0 heterocycles. The minimum Gasteiger partial charge on any atom is -0.434 e. The largest absolute Gasteiger partial charge is 0.508 e. The lowest BCUT2D eigenvalue weighted by Crippen LogP contribution is -2.61. The molecule has 0 rings (SSSR count). The number of hydrogen-bond donors (Lipinski definition) is 0. The summed E-state index contributed by atoms with van der Waals surface area (Å²) in [6.07, 6.45) is -9.65. The average molecular weight is 364 g/mol. The molecule has 12 heteroatoms. The first kappa shape index (κ1) is 21.6. The molecule has 0 aromatic heterocycles. The van der Waals surface area contributed by atoms with Crippen LogP contribution in [0.5, 0.6) is 0 Å². The van der Waals surface area contributed by atoms with Gasteiger partial charge in [-0.05, 0) is 6.42 Å². The number of ether oxygens (including phenoxy) is 2. The fourth-order valence-electron chi connectivity index (χ4n) is 1.17. The molecule has 0 unspecified atom stereocenters. The van der Waals surface area contributed by atoms with Crippen LogP contribution in [0.1, 0.15) is 26.2 Å². The molecule has 0 aliphatic heterocycles. The van der Waals surface area contributed by atoms with Crippen molar-refractivity contribution >= 4 is 6.16 Å². The first-order valence-electron chi connectivity index (χ1n) is 6.20. The molecular weight excluding hydrogens is 351 g/mol. The van der Waals surface area contributed by atoms with E-state index in [1.54, 1.807) is 6.92 Å². The smallest absolute Gasteiger partial charge is 0.434 e. The summed E-state index contributed by atoms with van der Waals surface area (Å²) in [5.74, 6) is -19.4. The van der Waals surface area contributed by atoms with Crippen molar-refractivity contribution in [3.8, 4) is 0 Å². The van der Waals surface area contributed by atoms with Crippen LogP contribution >= 0.6 is 0 Å². The van der Waals surface area contributed by atoms with E-state index < -0.39 is 43.1 Å². The van der Waals surface area contributed by atoms with Gasteiger partial charge >= 0.3 is 30.1 Å². The normalized spacial score (nSPS) is 13.8. The van der Waals surface area contributed by atoms with Crippen LogP contribution in [0.15, 0.2) is 0 Å². The molecule has 0 atom stereocenters. The van der Waals surface area contributed by atoms with E-state index in [4.69, 9.17) is 0 Å². The molecule has 0 fully saturated rings. The van der Waals surface area contributed by atoms with Gasteiger partial charge in [-0.1, -0.05) is 13.3 Å². The van der Waals surface area contributed by atoms with Gasteiger partial charge in [-0.15, -0.1) is 0 Å². The van der Waals surface area contributed by atoms with Crippen LogP contribution < -0.4 is 0 Å². The zero-order chi connectivity index (χ0) is 18.5. The highest BCUT2D eigenvalue weighted by Crippen LogP contribution is 2.53. The van der Waals surface area contributed by atoms with E-state index in [1.165, 1.54) is 0 Å². The maximum Gasteiger partial charge on any atom is 0.508 e. The van der Waals surface area contributed by atoms with Gasteiger partial charge in [-0.2, -0.15) is 39.5 Å². The molecule has 0 N–H and O–H groups in total. The highest BCUT2D eigenvalue weighted by molar-refractivity contribution is 5.59. The number of carbonyl (C=O) groups is 1. The fourth-order valence-corrected chi connectivity index (χ4v) is 1.17. The number of alkyl halides is 9. The molecule has 0 aliphatic carbocycles. The van der Waals surface area contributed by atoms with Crippen molar-refractivity contribution < 1.29 is 53.8 Å². The number of carbonyl (C=O) groups excluding carboxylic acids is 1.